The van der Waals surface area contributed by atoms with Crippen LogP contribution in [-0.4, -0.2) is 32.5 Å². The van der Waals surface area contributed by atoms with E-state index in [2.05, 4.69) is 39.0 Å². The molecule has 1 aromatic heterocycles. The molecule has 0 spiro atoms. The van der Waals surface area contributed by atoms with E-state index in [1.165, 1.54) is 30.0 Å². The van der Waals surface area contributed by atoms with Gasteiger partial charge >= 0.3 is 0 Å². The predicted octanol–water partition coefficient (Wildman–Crippen LogP) is 5.95. The molecular weight excluding hydrogens is 487 g/mol. The highest BCUT2D eigenvalue weighted by molar-refractivity contribution is 7.99. The molecule has 4 rings (SSSR count). The summed E-state index contributed by atoms with van der Waals surface area (Å²) >= 11 is 13.4. The van der Waals surface area contributed by atoms with Gasteiger partial charge in [-0.25, -0.2) is 18.1 Å². The molecule has 0 unspecified atom stereocenters. The third kappa shape index (κ3) is 4.94. The van der Waals surface area contributed by atoms with Gasteiger partial charge in [-0.05, 0) is 41.1 Å². The summed E-state index contributed by atoms with van der Waals surface area (Å²) in [5.41, 5.74) is 0. The van der Waals surface area contributed by atoms with Crippen molar-refractivity contribution in [3.8, 4) is 0 Å². The third-order valence-corrected chi connectivity index (χ3v) is 7.56. The lowest BCUT2D eigenvalue weighted by Crippen LogP contribution is -2.18. The summed E-state index contributed by atoms with van der Waals surface area (Å²) in [6, 6.07) is 18.5. The van der Waals surface area contributed by atoms with E-state index in [0.717, 1.165) is 20.6 Å². The zero-order chi connectivity index (χ0) is 22.9. The van der Waals surface area contributed by atoms with Crippen LogP contribution in [0.1, 0.15) is 0 Å². The number of hydrogen-bond acceptors (Lipinski definition) is 6. The summed E-state index contributed by atoms with van der Waals surface area (Å²) in [5.74, 6) is 0.528. The maximum absolute atomic E-state index is 12.8. The van der Waals surface area contributed by atoms with Gasteiger partial charge in [0.2, 0.25) is 5.95 Å². The molecule has 0 aliphatic rings. The second kappa shape index (κ2) is 9.15. The fourth-order valence-electron chi connectivity index (χ4n) is 3.03. The van der Waals surface area contributed by atoms with Gasteiger partial charge in [0, 0.05) is 30.2 Å². The van der Waals surface area contributed by atoms with Crippen LogP contribution in [-0.2, 0) is 10.0 Å². The smallest absolute Gasteiger partial charge is 0.265 e. The predicted molar refractivity (Wildman–Crippen MR) is 132 cm³/mol. The van der Waals surface area contributed by atoms with Crippen LogP contribution < -0.4 is 9.62 Å². The Morgan fingerprint density at radius 2 is 1.72 bits per heavy atom. The average molecular weight is 505 g/mol. The quantitative estimate of drug-likeness (QED) is 0.349. The number of nitrogens with zero attached hydrogens (tertiary/aromatic N) is 3. The maximum atomic E-state index is 12.8. The number of rotatable bonds is 6. The number of benzene rings is 3. The average Bonchev–Trinajstić information content (AvgIpc) is 2.74. The Kier molecular flexibility index (Phi) is 6.48. The van der Waals surface area contributed by atoms with Gasteiger partial charge in [0.15, 0.2) is 0 Å². The van der Waals surface area contributed by atoms with Crippen molar-refractivity contribution in [3.63, 3.8) is 0 Å². The Hall–Kier alpha value is -2.52. The summed E-state index contributed by atoms with van der Waals surface area (Å²) in [6.07, 6.45) is 1.60. The van der Waals surface area contributed by atoms with E-state index < -0.39 is 10.0 Å². The van der Waals surface area contributed by atoms with E-state index in [4.69, 9.17) is 23.2 Å². The van der Waals surface area contributed by atoms with Crippen molar-refractivity contribution in [2.24, 2.45) is 0 Å². The van der Waals surface area contributed by atoms with Crippen LogP contribution in [0.15, 0.2) is 81.5 Å². The fraction of sp³-hybridized carbons (Fsp3) is 0.0909. The van der Waals surface area contributed by atoms with E-state index in [0.29, 0.717) is 10.8 Å². The highest BCUT2D eigenvalue weighted by Crippen LogP contribution is 2.35. The maximum Gasteiger partial charge on any atom is 0.265 e. The van der Waals surface area contributed by atoms with E-state index in [9.17, 15) is 8.42 Å². The summed E-state index contributed by atoms with van der Waals surface area (Å²) in [4.78, 5) is 12.2. The molecule has 0 saturated carbocycles. The van der Waals surface area contributed by atoms with Gasteiger partial charge in [-0.2, -0.15) is 4.98 Å². The molecule has 0 aliphatic heterocycles. The van der Waals surface area contributed by atoms with Crippen molar-refractivity contribution in [2.45, 2.75) is 14.7 Å². The molecule has 4 aromatic rings. The van der Waals surface area contributed by atoms with Crippen LogP contribution in [0.2, 0.25) is 10.0 Å². The summed E-state index contributed by atoms with van der Waals surface area (Å²) in [5, 5.41) is 2.65. The standard InChI is InChI=1S/C22H18Cl2N4O2S2/c1-28(2)21-19(31-17-9-7-14-5-3-4-6-15(14)11-17)13-25-22(26-21)27-32(29,30)20-10-8-16(23)12-18(20)24/h3-13H,1-2H3,(H,25,26,27). The summed E-state index contributed by atoms with van der Waals surface area (Å²) < 4.78 is 27.9. The Balaban J connectivity index is 1.64. The molecule has 3 aromatic carbocycles. The first-order valence-electron chi connectivity index (χ1n) is 9.42. The monoisotopic (exact) mass is 504 g/mol. The molecule has 0 atom stereocenters. The third-order valence-electron chi connectivity index (χ3n) is 4.52. The molecule has 164 valence electrons. The highest BCUT2D eigenvalue weighted by Gasteiger charge is 2.21. The van der Waals surface area contributed by atoms with E-state index in [1.807, 2.05) is 32.3 Å². The van der Waals surface area contributed by atoms with Crippen molar-refractivity contribution >= 4 is 67.5 Å². The number of sulfonamides is 1. The van der Waals surface area contributed by atoms with Crippen molar-refractivity contribution in [2.75, 3.05) is 23.7 Å². The zero-order valence-corrected chi connectivity index (χ0v) is 20.2. The first kappa shape index (κ1) is 22.7. The van der Waals surface area contributed by atoms with Gasteiger partial charge in [-0.1, -0.05) is 65.3 Å². The van der Waals surface area contributed by atoms with E-state index >= 15 is 0 Å². The van der Waals surface area contributed by atoms with Crippen LogP contribution in [0.4, 0.5) is 11.8 Å². The van der Waals surface area contributed by atoms with Crippen LogP contribution >= 0.6 is 35.0 Å². The van der Waals surface area contributed by atoms with E-state index in [-0.39, 0.29) is 15.9 Å². The zero-order valence-electron chi connectivity index (χ0n) is 17.1. The molecule has 10 heteroatoms. The van der Waals surface area contributed by atoms with Crippen LogP contribution in [0.25, 0.3) is 10.8 Å². The molecule has 1 N–H and O–H groups in total. The molecular formula is C22H18Cl2N4O2S2. The molecule has 1 heterocycles. The Bertz CT molecular complexity index is 1410. The number of hydrogen-bond donors (Lipinski definition) is 1. The topological polar surface area (TPSA) is 75.2 Å². The second-order valence-corrected chi connectivity index (χ2v) is 10.7. The number of aromatic nitrogens is 2. The van der Waals surface area contributed by atoms with Gasteiger partial charge in [0.05, 0.1) is 9.92 Å². The number of anilines is 2. The van der Waals surface area contributed by atoms with Crippen LogP contribution in [0.3, 0.4) is 0 Å². The minimum absolute atomic E-state index is 0.0151. The number of halogens is 2. The molecule has 0 radical (unpaired) electrons. The number of nitrogens with one attached hydrogen (secondary N) is 1. The normalized spacial score (nSPS) is 11.5. The Morgan fingerprint density at radius 1 is 0.969 bits per heavy atom. The minimum Gasteiger partial charge on any atom is -0.362 e. The SMILES string of the molecule is CN(C)c1nc(NS(=O)(=O)c2ccc(Cl)cc2Cl)ncc1Sc1ccc2ccccc2c1. The molecule has 0 aliphatic carbocycles. The molecule has 0 amide bonds. The van der Waals surface area contributed by atoms with Gasteiger partial charge in [0.25, 0.3) is 10.0 Å². The highest BCUT2D eigenvalue weighted by atomic mass is 35.5. The van der Waals surface area contributed by atoms with Crippen molar-refractivity contribution < 1.29 is 8.42 Å². The van der Waals surface area contributed by atoms with Gasteiger partial charge < -0.3 is 4.90 Å². The molecule has 0 fully saturated rings. The fourth-order valence-corrected chi connectivity index (χ4v) is 5.76. The number of fused-ring (bicyclic) bond motifs is 1. The van der Waals surface area contributed by atoms with Gasteiger partial charge in [0.1, 0.15) is 10.7 Å². The first-order valence-corrected chi connectivity index (χ1v) is 12.5. The van der Waals surface area contributed by atoms with E-state index in [1.54, 1.807) is 11.1 Å². The minimum atomic E-state index is -3.99. The molecule has 0 saturated heterocycles. The summed E-state index contributed by atoms with van der Waals surface area (Å²) in [6.45, 7) is 0. The lowest BCUT2D eigenvalue weighted by molar-refractivity contribution is 0.601. The van der Waals surface area contributed by atoms with Gasteiger partial charge in [-0.15, -0.1) is 0 Å². The Labute approximate surface area is 200 Å². The van der Waals surface area contributed by atoms with Crippen molar-refractivity contribution in [1.82, 2.24) is 9.97 Å². The van der Waals surface area contributed by atoms with Crippen LogP contribution in [0, 0.1) is 0 Å². The van der Waals surface area contributed by atoms with Crippen molar-refractivity contribution in [1.29, 1.82) is 0 Å². The Morgan fingerprint density at radius 3 is 2.44 bits per heavy atom. The lowest BCUT2D eigenvalue weighted by Gasteiger charge is -2.17. The first-order chi connectivity index (χ1) is 15.2. The molecule has 32 heavy (non-hydrogen) atoms. The molecule has 6 nitrogen and oxygen atoms in total. The summed E-state index contributed by atoms with van der Waals surface area (Å²) in [7, 11) is -0.321. The second-order valence-electron chi connectivity index (χ2n) is 7.07. The lowest BCUT2D eigenvalue weighted by atomic mass is 10.1. The molecule has 0 bridgehead atoms. The van der Waals surface area contributed by atoms with Crippen LogP contribution in [0.5, 0.6) is 0 Å². The van der Waals surface area contributed by atoms with Crippen molar-refractivity contribution in [3.05, 3.63) is 76.9 Å². The van der Waals surface area contributed by atoms with Gasteiger partial charge in [-0.3, -0.25) is 0 Å². The largest absolute Gasteiger partial charge is 0.362 e.